The van der Waals surface area contributed by atoms with E-state index in [0.29, 0.717) is 16.7 Å². The smallest absolute Gasteiger partial charge is 0.101 e. The number of nitriles is 3. The second-order valence-electron chi connectivity index (χ2n) is 14.3. The zero-order valence-electron chi connectivity index (χ0n) is 29.0. The molecule has 1 aliphatic carbocycles. The average Bonchev–Trinajstić information content (AvgIpc) is 3.79. The molecule has 0 amide bonds. The van der Waals surface area contributed by atoms with E-state index in [4.69, 9.17) is 0 Å². The molecular weight excluding hydrogens is 647 g/mol. The average molecular weight is 676 g/mol. The Hall–Kier alpha value is -7.39. The maximum atomic E-state index is 10.6. The Morgan fingerprint density at radius 1 is 0.415 bits per heavy atom. The highest BCUT2D eigenvalue weighted by Crippen LogP contribution is 2.51. The second kappa shape index (κ2) is 11.1. The number of nitrogens with zero attached hydrogens (tertiary/aromatic N) is 5. The first-order valence-corrected chi connectivity index (χ1v) is 17.6. The van der Waals surface area contributed by atoms with Crippen molar-refractivity contribution in [2.24, 2.45) is 0 Å². The highest BCUT2D eigenvalue weighted by molar-refractivity contribution is 6.12. The SMILES string of the molecule is CC1(C)c2ccccc2-c2cc3c4ccccc4n(-c4ccc(C#N)c(-c5cc(C#N)c(C#N)cc5-n5c6ccccc6c6ccccc65)c4)c3cc21. The third-order valence-corrected chi connectivity index (χ3v) is 11.2. The summed E-state index contributed by atoms with van der Waals surface area (Å²) in [5.41, 5.74) is 13.1. The minimum atomic E-state index is -0.176. The first-order valence-electron chi connectivity index (χ1n) is 17.6. The Bertz CT molecular complexity index is 3130. The summed E-state index contributed by atoms with van der Waals surface area (Å²) in [6, 6.07) is 54.7. The quantitative estimate of drug-likeness (QED) is 0.187. The van der Waals surface area contributed by atoms with Crippen LogP contribution in [-0.4, -0.2) is 9.13 Å². The maximum Gasteiger partial charge on any atom is 0.101 e. The number of hydrogen-bond donors (Lipinski definition) is 0. The topological polar surface area (TPSA) is 81.2 Å². The van der Waals surface area contributed by atoms with E-state index in [-0.39, 0.29) is 16.5 Å². The molecule has 1 aliphatic rings. The molecule has 0 fully saturated rings. The molecule has 0 radical (unpaired) electrons. The van der Waals surface area contributed by atoms with Crippen LogP contribution in [0.4, 0.5) is 0 Å². The number of fused-ring (bicyclic) bond motifs is 9. The summed E-state index contributed by atoms with van der Waals surface area (Å²) in [5, 5.41) is 35.6. The summed E-state index contributed by atoms with van der Waals surface area (Å²) in [5.74, 6) is 0. The summed E-state index contributed by atoms with van der Waals surface area (Å²) in [4.78, 5) is 0. The molecule has 246 valence electrons. The fourth-order valence-electron chi connectivity index (χ4n) is 8.79. The minimum Gasteiger partial charge on any atom is -0.309 e. The van der Waals surface area contributed by atoms with E-state index in [9.17, 15) is 15.8 Å². The van der Waals surface area contributed by atoms with Gasteiger partial charge >= 0.3 is 0 Å². The Morgan fingerprint density at radius 2 is 0.981 bits per heavy atom. The molecule has 2 heterocycles. The summed E-state index contributed by atoms with van der Waals surface area (Å²) in [6.07, 6.45) is 0. The van der Waals surface area contributed by atoms with Crippen LogP contribution in [0.25, 0.3) is 77.2 Å². The first kappa shape index (κ1) is 30.4. The standard InChI is InChI=1S/C48H29N5/c1-48(2)41-15-7-3-11-33(41)38-24-40-36-14-6-8-16-43(36)52(47(40)25-42(38)48)32-20-19-29(26-49)37(23-32)39-21-30(27-50)31(28-51)22-46(39)53-44-17-9-4-12-34(44)35-13-5-10-18-45(35)53/h3-25H,1-2H3. The fraction of sp³-hybridized carbons (Fsp3) is 0.0625. The van der Waals surface area contributed by atoms with Gasteiger partial charge in [-0.15, -0.1) is 0 Å². The number of hydrogen-bond acceptors (Lipinski definition) is 3. The molecule has 0 unspecified atom stereocenters. The van der Waals surface area contributed by atoms with Gasteiger partial charge in [0.15, 0.2) is 0 Å². The van der Waals surface area contributed by atoms with Gasteiger partial charge in [-0.3, -0.25) is 0 Å². The van der Waals surface area contributed by atoms with Gasteiger partial charge in [-0.05, 0) is 82.9 Å². The number of para-hydroxylation sites is 3. The molecule has 0 saturated carbocycles. The summed E-state index contributed by atoms with van der Waals surface area (Å²) in [6.45, 7) is 4.59. The molecule has 9 aromatic rings. The van der Waals surface area contributed by atoms with Crippen molar-refractivity contribution < 1.29 is 0 Å². The zero-order valence-corrected chi connectivity index (χ0v) is 29.0. The van der Waals surface area contributed by atoms with Crippen LogP contribution in [0, 0.1) is 34.0 Å². The third-order valence-electron chi connectivity index (χ3n) is 11.2. The van der Waals surface area contributed by atoms with E-state index in [1.165, 1.54) is 22.3 Å². The fourth-order valence-corrected chi connectivity index (χ4v) is 8.79. The van der Waals surface area contributed by atoms with Gasteiger partial charge < -0.3 is 9.13 Å². The van der Waals surface area contributed by atoms with Crippen LogP contribution in [-0.2, 0) is 5.41 Å². The summed E-state index contributed by atoms with van der Waals surface area (Å²) < 4.78 is 4.45. The lowest BCUT2D eigenvalue weighted by molar-refractivity contribution is 0.661. The minimum absolute atomic E-state index is 0.176. The molecule has 0 N–H and O–H groups in total. The normalized spacial score (nSPS) is 12.8. The molecule has 2 aromatic heterocycles. The molecule has 0 bridgehead atoms. The van der Waals surface area contributed by atoms with Gasteiger partial charge in [0.1, 0.15) is 12.1 Å². The highest BCUT2D eigenvalue weighted by Gasteiger charge is 2.36. The lowest BCUT2D eigenvalue weighted by Gasteiger charge is -2.22. The van der Waals surface area contributed by atoms with Crippen LogP contribution in [0.1, 0.15) is 41.7 Å². The lowest BCUT2D eigenvalue weighted by Crippen LogP contribution is -2.15. The molecule has 53 heavy (non-hydrogen) atoms. The van der Waals surface area contributed by atoms with Gasteiger partial charge in [-0.2, -0.15) is 15.8 Å². The Morgan fingerprint density at radius 3 is 1.64 bits per heavy atom. The van der Waals surface area contributed by atoms with Crippen molar-refractivity contribution in [3.63, 3.8) is 0 Å². The van der Waals surface area contributed by atoms with Crippen molar-refractivity contribution in [2.75, 3.05) is 0 Å². The number of aromatic nitrogens is 2. The van der Waals surface area contributed by atoms with Gasteiger partial charge in [0.2, 0.25) is 0 Å². The van der Waals surface area contributed by atoms with Crippen LogP contribution in [0.2, 0.25) is 0 Å². The van der Waals surface area contributed by atoms with Crippen molar-refractivity contribution in [2.45, 2.75) is 19.3 Å². The number of benzene rings is 7. The van der Waals surface area contributed by atoms with Crippen molar-refractivity contribution in [1.82, 2.24) is 9.13 Å². The van der Waals surface area contributed by atoms with E-state index >= 15 is 0 Å². The summed E-state index contributed by atoms with van der Waals surface area (Å²) in [7, 11) is 0. The van der Waals surface area contributed by atoms with Crippen LogP contribution in [0.5, 0.6) is 0 Å². The van der Waals surface area contributed by atoms with E-state index in [0.717, 1.165) is 55.0 Å². The predicted octanol–water partition coefficient (Wildman–Crippen LogP) is 11.5. The Labute approximate surface area is 306 Å². The van der Waals surface area contributed by atoms with E-state index in [1.807, 2.05) is 36.4 Å². The molecule has 10 rings (SSSR count). The summed E-state index contributed by atoms with van der Waals surface area (Å²) >= 11 is 0. The Balaban J connectivity index is 1.29. The molecule has 0 spiro atoms. The van der Waals surface area contributed by atoms with Gasteiger partial charge in [-0.25, -0.2) is 0 Å². The van der Waals surface area contributed by atoms with E-state index < -0.39 is 0 Å². The van der Waals surface area contributed by atoms with Crippen LogP contribution in [0.15, 0.2) is 140 Å². The second-order valence-corrected chi connectivity index (χ2v) is 14.3. The predicted molar refractivity (Wildman–Crippen MR) is 212 cm³/mol. The van der Waals surface area contributed by atoms with Gasteiger partial charge in [0.25, 0.3) is 0 Å². The molecule has 7 aromatic carbocycles. The number of rotatable bonds is 3. The van der Waals surface area contributed by atoms with Crippen molar-refractivity contribution in [3.8, 4) is 51.8 Å². The maximum absolute atomic E-state index is 10.6. The molecule has 0 saturated heterocycles. The highest BCUT2D eigenvalue weighted by atomic mass is 15.0. The van der Waals surface area contributed by atoms with Gasteiger partial charge in [0, 0.05) is 43.8 Å². The third kappa shape index (κ3) is 4.16. The van der Waals surface area contributed by atoms with Gasteiger partial charge in [0.05, 0.1) is 50.5 Å². The van der Waals surface area contributed by atoms with E-state index in [2.05, 4.69) is 132 Å². The monoisotopic (exact) mass is 675 g/mol. The van der Waals surface area contributed by atoms with Crippen LogP contribution >= 0.6 is 0 Å². The van der Waals surface area contributed by atoms with Gasteiger partial charge in [-0.1, -0.05) is 92.7 Å². The molecule has 0 aliphatic heterocycles. The molecule has 5 nitrogen and oxygen atoms in total. The molecular formula is C48H29N5. The van der Waals surface area contributed by atoms with E-state index in [1.54, 1.807) is 12.1 Å². The van der Waals surface area contributed by atoms with Crippen molar-refractivity contribution >= 4 is 43.6 Å². The first-order chi connectivity index (χ1) is 25.9. The largest absolute Gasteiger partial charge is 0.309 e. The van der Waals surface area contributed by atoms with Crippen molar-refractivity contribution in [1.29, 1.82) is 15.8 Å². The van der Waals surface area contributed by atoms with Crippen LogP contribution < -0.4 is 0 Å². The van der Waals surface area contributed by atoms with Crippen molar-refractivity contribution in [3.05, 3.63) is 167 Å². The zero-order chi connectivity index (χ0) is 36.0. The lowest BCUT2D eigenvalue weighted by atomic mass is 9.82. The molecule has 5 heteroatoms. The molecule has 0 atom stereocenters. The Kier molecular flexibility index (Phi) is 6.35. The van der Waals surface area contributed by atoms with Crippen LogP contribution in [0.3, 0.4) is 0 Å².